The molecule has 0 bridgehead atoms. The van der Waals surface area contributed by atoms with Gasteiger partial charge in [-0.1, -0.05) is 35.2 Å². The van der Waals surface area contributed by atoms with Crippen LogP contribution < -0.4 is 24.6 Å². The molecule has 6 rings (SSSR count). The van der Waals surface area contributed by atoms with Crippen molar-refractivity contribution in [3.8, 4) is 17.2 Å². The van der Waals surface area contributed by atoms with E-state index in [1.54, 1.807) is 67.8 Å². The number of carbonyl (C=O) groups excluding carboxylic acids is 3. The number of benzene rings is 3. The Labute approximate surface area is 241 Å². The summed E-state index contributed by atoms with van der Waals surface area (Å²) >= 11 is 2.25. The van der Waals surface area contributed by atoms with E-state index < -0.39 is 17.1 Å². The quantitative estimate of drug-likeness (QED) is 0.218. The lowest BCUT2D eigenvalue weighted by atomic mass is 9.83. The molecule has 2 unspecified atom stereocenters. The Bertz CT molecular complexity index is 1680. The summed E-state index contributed by atoms with van der Waals surface area (Å²) in [5.74, 6) is -1.13. The minimum atomic E-state index is -0.712. The number of nitrogens with zero attached hydrogens (tertiary/aromatic N) is 1. The first-order valence-corrected chi connectivity index (χ1v) is 14.2. The fourth-order valence-electron chi connectivity index (χ4n) is 5.02. The van der Waals surface area contributed by atoms with Gasteiger partial charge in [0, 0.05) is 16.5 Å². The number of H-pyrrole nitrogens is 1. The van der Waals surface area contributed by atoms with E-state index in [1.165, 1.54) is 28.8 Å². The standard InChI is InChI=1S/C29H23N3O7S2/c1-38-19-12-6-17(7-13-19)32-27(35)23-22(24-26(31-29(37)41-24)40-25(23)28(32)36)15-2-10-20(11-3-15)39-14-21(34)30-16-4-8-18(33)9-5-16/h2-13,22-23,25,33H,14H2,1H3,(H,30,34)(H,31,37)/t22-,23?,25?/m1/s1. The maximum atomic E-state index is 13.8. The Kier molecular flexibility index (Phi) is 7.01. The predicted octanol–water partition coefficient (Wildman–Crippen LogP) is 3.96. The maximum absolute atomic E-state index is 13.8. The molecule has 1 saturated heterocycles. The summed E-state index contributed by atoms with van der Waals surface area (Å²) in [5.41, 5.74) is 1.73. The van der Waals surface area contributed by atoms with E-state index in [2.05, 4.69) is 10.3 Å². The van der Waals surface area contributed by atoms with Gasteiger partial charge in [0.1, 0.15) is 22.5 Å². The first-order chi connectivity index (χ1) is 19.8. The number of rotatable bonds is 7. The number of phenolic OH excluding ortho intramolecular Hbond substituents is 1. The second-order valence-corrected chi connectivity index (χ2v) is 11.6. The Morgan fingerprint density at radius 2 is 1.63 bits per heavy atom. The Morgan fingerprint density at radius 3 is 2.32 bits per heavy atom. The lowest BCUT2D eigenvalue weighted by Gasteiger charge is -2.29. The molecular formula is C29H23N3O7S2. The molecule has 208 valence electrons. The van der Waals surface area contributed by atoms with Crippen LogP contribution in [0.3, 0.4) is 0 Å². The molecule has 4 aromatic rings. The number of imide groups is 1. The summed E-state index contributed by atoms with van der Waals surface area (Å²) in [4.78, 5) is 56.4. The summed E-state index contributed by atoms with van der Waals surface area (Å²) in [7, 11) is 1.54. The average molecular weight is 590 g/mol. The predicted molar refractivity (Wildman–Crippen MR) is 154 cm³/mol. The van der Waals surface area contributed by atoms with Crippen LogP contribution in [-0.2, 0) is 14.4 Å². The topological polar surface area (TPSA) is 138 Å². The van der Waals surface area contributed by atoms with Crippen LogP contribution in [0, 0.1) is 5.92 Å². The number of carbonyl (C=O) groups is 3. The number of phenols is 1. The summed E-state index contributed by atoms with van der Waals surface area (Å²) in [5, 5.41) is 12.0. The molecule has 41 heavy (non-hydrogen) atoms. The Morgan fingerprint density at radius 1 is 0.951 bits per heavy atom. The van der Waals surface area contributed by atoms with Gasteiger partial charge in [0.15, 0.2) is 6.61 Å². The van der Waals surface area contributed by atoms with Crippen molar-refractivity contribution in [2.24, 2.45) is 5.92 Å². The van der Waals surface area contributed by atoms with Crippen LogP contribution in [0.4, 0.5) is 11.4 Å². The molecule has 3 aromatic carbocycles. The number of hydrogen-bond donors (Lipinski definition) is 3. The number of fused-ring (bicyclic) bond motifs is 2. The van der Waals surface area contributed by atoms with Crippen molar-refractivity contribution in [1.29, 1.82) is 0 Å². The molecule has 3 amide bonds. The van der Waals surface area contributed by atoms with Crippen LogP contribution in [0.2, 0.25) is 0 Å². The Hall–Kier alpha value is -4.55. The van der Waals surface area contributed by atoms with Crippen molar-refractivity contribution in [1.82, 2.24) is 4.98 Å². The van der Waals surface area contributed by atoms with Crippen LogP contribution in [0.5, 0.6) is 17.2 Å². The highest BCUT2D eigenvalue weighted by atomic mass is 32.2. The number of ether oxygens (including phenoxy) is 2. The monoisotopic (exact) mass is 589 g/mol. The van der Waals surface area contributed by atoms with E-state index in [1.807, 2.05) is 0 Å². The zero-order valence-corrected chi connectivity index (χ0v) is 23.2. The number of aromatic nitrogens is 1. The number of hydrogen-bond acceptors (Lipinski definition) is 9. The normalized spacial score (nSPS) is 19.4. The van der Waals surface area contributed by atoms with Crippen molar-refractivity contribution in [2.75, 3.05) is 23.9 Å². The summed E-state index contributed by atoms with van der Waals surface area (Å²) < 4.78 is 10.8. The third-order valence-corrected chi connectivity index (χ3v) is 9.32. The largest absolute Gasteiger partial charge is 0.508 e. The van der Waals surface area contributed by atoms with Crippen molar-refractivity contribution in [3.63, 3.8) is 0 Å². The molecule has 0 radical (unpaired) electrons. The SMILES string of the molecule is COc1ccc(N2C(=O)C3Sc4[nH]c(=O)sc4[C@H](c4ccc(OCC(=O)Nc5ccc(O)cc5)cc4)C3C2=O)cc1. The van der Waals surface area contributed by atoms with Crippen LogP contribution in [-0.4, -0.2) is 46.8 Å². The third kappa shape index (κ3) is 5.07. The summed E-state index contributed by atoms with van der Waals surface area (Å²) in [6.07, 6.45) is 0. The van der Waals surface area contributed by atoms with Gasteiger partial charge < -0.3 is 24.9 Å². The number of amides is 3. The van der Waals surface area contributed by atoms with Gasteiger partial charge in [-0.05, 0) is 66.2 Å². The zero-order valence-electron chi connectivity index (χ0n) is 21.5. The van der Waals surface area contributed by atoms with Gasteiger partial charge in [-0.2, -0.15) is 0 Å². The lowest BCUT2D eigenvalue weighted by Crippen LogP contribution is -2.32. The Balaban J connectivity index is 1.23. The van der Waals surface area contributed by atoms with Crippen LogP contribution in [0.1, 0.15) is 16.4 Å². The molecule has 2 aliphatic rings. The van der Waals surface area contributed by atoms with E-state index in [9.17, 15) is 24.3 Å². The van der Waals surface area contributed by atoms with Gasteiger partial charge in [-0.3, -0.25) is 19.2 Å². The number of aromatic amines is 1. The smallest absolute Gasteiger partial charge is 0.305 e. The van der Waals surface area contributed by atoms with Gasteiger partial charge in [0.05, 0.1) is 23.7 Å². The minimum absolute atomic E-state index is 0.0957. The lowest BCUT2D eigenvalue weighted by molar-refractivity contribution is -0.122. The van der Waals surface area contributed by atoms with E-state index >= 15 is 0 Å². The number of thioether (sulfide) groups is 1. The fourth-order valence-corrected chi connectivity index (χ4v) is 7.54. The van der Waals surface area contributed by atoms with Crippen molar-refractivity contribution in [3.05, 3.63) is 92.9 Å². The highest BCUT2D eigenvalue weighted by Crippen LogP contribution is 2.53. The zero-order chi connectivity index (χ0) is 28.7. The highest BCUT2D eigenvalue weighted by molar-refractivity contribution is 8.00. The second kappa shape index (κ2) is 10.8. The maximum Gasteiger partial charge on any atom is 0.305 e. The minimum Gasteiger partial charge on any atom is -0.508 e. The molecule has 12 heteroatoms. The second-order valence-electron chi connectivity index (χ2n) is 9.41. The molecule has 0 spiro atoms. The number of anilines is 2. The van der Waals surface area contributed by atoms with Gasteiger partial charge in [0.25, 0.3) is 5.91 Å². The van der Waals surface area contributed by atoms with Crippen LogP contribution >= 0.6 is 23.1 Å². The van der Waals surface area contributed by atoms with Crippen molar-refractivity contribution < 1.29 is 29.0 Å². The first-order valence-electron chi connectivity index (χ1n) is 12.6. The van der Waals surface area contributed by atoms with E-state index in [-0.39, 0.29) is 35.0 Å². The molecule has 1 fully saturated rings. The first kappa shape index (κ1) is 26.7. The van der Waals surface area contributed by atoms with Gasteiger partial charge in [0.2, 0.25) is 11.8 Å². The molecule has 1 aromatic heterocycles. The van der Waals surface area contributed by atoms with Gasteiger partial charge in [-0.25, -0.2) is 4.90 Å². The van der Waals surface area contributed by atoms with Gasteiger partial charge >= 0.3 is 4.87 Å². The fraction of sp³-hybridized carbons (Fsp3) is 0.172. The summed E-state index contributed by atoms with van der Waals surface area (Å²) in [6.45, 7) is -0.238. The highest BCUT2D eigenvalue weighted by Gasteiger charge is 2.56. The third-order valence-electron chi connectivity index (χ3n) is 6.91. The van der Waals surface area contributed by atoms with Gasteiger partial charge in [-0.15, -0.1) is 0 Å². The average Bonchev–Trinajstić information content (AvgIpc) is 3.47. The van der Waals surface area contributed by atoms with E-state index in [0.717, 1.165) is 16.9 Å². The number of nitrogens with one attached hydrogen (secondary N) is 2. The van der Waals surface area contributed by atoms with E-state index in [0.29, 0.717) is 32.8 Å². The van der Waals surface area contributed by atoms with Crippen molar-refractivity contribution >= 4 is 52.2 Å². The molecule has 0 saturated carbocycles. The molecule has 10 nitrogen and oxygen atoms in total. The molecule has 0 aliphatic carbocycles. The molecule has 2 aliphatic heterocycles. The molecule has 3 N–H and O–H groups in total. The van der Waals surface area contributed by atoms with Crippen molar-refractivity contribution in [2.45, 2.75) is 16.2 Å². The van der Waals surface area contributed by atoms with Crippen LogP contribution in [0.15, 0.2) is 82.6 Å². The van der Waals surface area contributed by atoms with E-state index in [4.69, 9.17) is 9.47 Å². The number of thiazole rings is 1. The molecule has 3 atom stereocenters. The molecule has 3 heterocycles. The van der Waals surface area contributed by atoms with Crippen LogP contribution in [0.25, 0.3) is 0 Å². The molecular weight excluding hydrogens is 566 g/mol. The number of aromatic hydroxyl groups is 1. The number of methoxy groups -OCH3 is 1. The summed E-state index contributed by atoms with van der Waals surface area (Å²) in [6, 6.07) is 19.8.